The SMILES string of the molecule is COC1=CC2=C[C@H]3CC4C(C)(C)O[C@@](CC=C(C)C)(C1=O)[C@@]24OC3=O. The van der Waals surface area contributed by atoms with Gasteiger partial charge in [-0.2, -0.15) is 0 Å². The zero-order valence-corrected chi connectivity index (χ0v) is 15.3. The molecule has 0 aromatic heterocycles. The van der Waals surface area contributed by atoms with Gasteiger partial charge in [0, 0.05) is 17.9 Å². The van der Waals surface area contributed by atoms with Gasteiger partial charge in [-0.05, 0) is 40.2 Å². The highest BCUT2D eigenvalue weighted by atomic mass is 16.6. The molecule has 2 saturated heterocycles. The normalized spacial score (nSPS) is 40.0. The molecule has 2 aliphatic carbocycles. The maximum absolute atomic E-state index is 13.4. The van der Waals surface area contributed by atoms with E-state index in [1.54, 1.807) is 6.08 Å². The highest BCUT2D eigenvalue weighted by molar-refractivity contribution is 6.06. The molecule has 3 aliphatic heterocycles. The first-order valence-corrected chi connectivity index (χ1v) is 8.77. The fourth-order valence-electron chi connectivity index (χ4n) is 5.09. The minimum absolute atomic E-state index is 0.0631. The summed E-state index contributed by atoms with van der Waals surface area (Å²) in [4.78, 5) is 25.9. The van der Waals surface area contributed by atoms with Crippen LogP contribution in [0.1, 0.15) is 40.5 Å². The predicted octanol–water partition coefficient (Wildman–Crippen LogP) is 2.86. The lowest BCUT2D eigenvalue weighted by atomic mass is 9.56. The number of hydrogen-bond donors (Lipinski definition) is 0. The van der Waals surface area contributed by atoms with Crippen molar-refractivity contribution in [1.29, 1.82) is 0 Å². The molecule has 2 fully saturated rings. The van der Waals surface area contributed by atoms with E-state index in [-0.39, 0.29) is 29.3 Å². The molecule has 1 spiro atoms. The summed E-state index contributed by atoms with van der Waals surface area (Å²) in [6.45, 7) is 7.93. The van der Waals surface area contributed by atoms with Gasteiger partial charge in [0.1, 0.15) is 0 Å². The Labute approximate surface area is 147 Å². The second kappa shape index (κ2) is 4.85. The summed E-state index contributed by atoms with van der Waals surface area (Å²) < 4.78 is 17.9. The minimum Gasteiger partial charge on any atom is -0.493 e. The Morgan fingerprint density at radius 2 is 2.08 bits per heavy atom. The van der Waals surface area contributed by atoms with Gasteiger partial charge in [0.15, 0.2) is 17.0 Å². The van der Waals surface area contributed by atoms with Crippen LogP contribution >= 0.6 is 0 Å². The van der Waals surface area contributed by atoms with E-state index in [1.807, 2.05) is 39.8 Å². The summed E-state index contributed by atoms with van der Waals surface area (Å²) in [5.41, 5.74) is -0.991. The molecule has 5 rings (SSSR count). The summed E-state index contributed by atoms with van der Waals surface area (Å²) in [7, 11) is 1.49. The van der Waals surface area contributed by atoms with Crippen molar-refractivity contribution in [3.05, 3.63) is 35.1 Å². The van der Waals surface area contributed by atoms with E-state index in [9.17, 15) is 9.59 Å². The molecule has 4 atom stereocenters. The molecule has 134 valence electrons. The zero-order valence-electron chi connectivity index (χ0n) is 15.3. The third kappa shape index (κ3) is 1.82. The van der Waals surface area contributed by atoms with Crippen molar-refractivity contribution >= 4 is 11.8 Å². The summed E-state index contributed by atoms with van der Waals surface area (Å²) in [5.74, 6) is -0.587. The molecular formula is C20H24O5. The Kier molecular flexibility index (Phi) is 3.21. The van der Waals surface area contributed by atoms with Crippen molar-refractivity contribution in [2.45, 2.75) is 57.3 Å². The number of fused-ring (bicyclic) bond motifs is 1. The van der Waals surface area contributed by atoms with Crippen LogP contribution in [0.5, 0.6) is 0 Å². The van der Waals surface area contributed by atoms with E-state index < -0.39 is 16.8 Å². The van der Waals surface area contributed by atoms with Crippen molar-refractivity contribution in [1.82, 2.24) is 0 Å². The molecule has 0 aromatic rings. The molecular weight excluding hydrogens is 320 g/mol. The zero-order chi connectivity index (χ0) is 18.2. The van der Waals surface area contributed by atoms with Crippen LogP contribution in [-0.2, 0) is 23.8 Å². The third-order valence-electron chi connectivity index (χ3n) is 6.13. The Balaban J connectivity index is 2.02. The molecule has 0 aromatic carbocycles. The Bertz CT molecular complexity index is 767. The van der Waals surface area contributed by atoms with Gasteiger partial charge in [-0.25, -0.2) is 0 Å². The van der Waals surface area contributed by atoms with Crippen LogP contribution in [0.15, 0.2) is 35.1 Å². The van der Waals surface area contributed by atoms with Crippen LogP contribution in [-0.4, -0.2) is 35.7 Å². The molecule has 5 heteroatoms. The molecule has 1 unspecified atom stereocenters. The van der Waals surface area contributed by atoms with Gasteiger partial charge in [0.05, 0.1) is 18.6 Å². The lowest BCUT2D eigenvalue weighted by molar-refractivity contribution is -0.197. The highest BCUT2D eigenvalue weighted by Gasteiger charge is 2.79. The number of carbonyl (C=O) groups is 2. The molecule has 0 N–H and O–H groups in total. The fraction of sp³-hybridized carbons (Fsp3) is 0.600. The van der Waals surface area contributed by atoms with Crippen LogP contribution in [0.2, 0.25) is 0 Å². The van der Waals surface area contributed by atoms with Gasteiger partial charge in [0.25, 0.3) is 0 Å². The third-order valence-corrected chi connectivity index (χ3v) is 6.13. The first kappa shape index (κ1) is 16.6. The number of methoxy groups -OCH3 is 1. The van der Waals surface area contributed by atoms with Crippen molar-refractivity contribution in [3.63, 3.8) is 0 Å². The van der Waals surface area contributed by atoms with Crippen molar-refractivity contribution < 1.29 is 23.8 Å². The number of ether oxygens (including phenoxy) is 3. The second-order valence-electron chi connectivity index (χ2n) is 8.23. The Hall–Kier alpha value is -1.88. The molecule has 2 bridgehead atoms. The maximum atomic E-state index is 13.4. The molecule has 0 saturated carbocycles. The van der Waals surface area contributed by atoms with Crippen molar-refractivity contribution in [2.75, 3.05) is 7.11 Å². The van der Waals surface area contributed by atoms with Gasteiger partial charge >= 0.3 is 5.97 Å². The van der Waals surface area contributed by atoms with Crippen molar-refractivity contribution in [3.8, 4) is 0 Å². The summed E-state index contributed by atoms with van der Waals surface area (Å²) in [6.07, 6.45) is 6.66. The standard InChI is InChI=1S/C20H24O5/c1-11(2)6-7-19-16(21)14(23-5)10-13-8-12-9-15(18(3,4)25-19)20(13,19)24-17(12)22/h6,8,10,12,15H,7,9H2,1-5H3/t12-,15?,19-,20+/m0/s1. The molecule has 5 nitrogen and oxygen atoms in total. The van der Waals surface area contributed by atoms with E-state index in [0.717, 1.165) is 11.1 Å². The molecule has 5 aliphatic rings. The number of carbonyl (C=O) groups excluding carboxylic acids is 2. The topological polar surface area (TPSA) is 61.8 Å². The highest BCUT2D eigenvalue weighted by Crippen LogP contribution is 2.65. The Morgan fingerprint density at radius 3 is 2.72 bits per heavy atom. The molecule has 3 heterocycles. The lowest BCUT2D eigenvalue weighted by Crippen LogP contribution is -2.68. The maximum Gasteiger partial charge on any atom is 0.313 e. The quantitative estimate of drug-likeness (QED) is 0.582. The summed E-state index contributed by atoms with van der Waals surface area (Å²) in [6, 6.07) is 0. The average Bonchev–Trinajstić information content (AvgIpc) is 2.75. The van der Waals surface area contributed by atoms with Crippen LogP contribution in [0.4, 0.5) is 0 Å². The summed E-state index contributed by atoms with van der Waals surface area (Å²) in [5, 5.41) is 0. The van der Waals surface area contributed by atoms with Gasteiger partial charge in [0.2, 0.25) is 5.78 Å². The van der Waals surface area contributed by atoms with E-state index >= 15 is 0 Å². The fourth-order valence-corrected chi connectivity index (χ4v) is 5.09. The van der Waals surface area contributed by atoms with Crippen LogP contribution in [0.25, 0.3) is 0 Å². The number of hydrogen-bond acceptors (Lipinski definition) is 5. The largest absolute Gasteiger partial charge is 0.493 e. The smallest absolute Gasteiger partial charge is 0.313 e. The van der Waals surface area contributed by atoms with Gasteiger partial charge in [-0.1, -0.05) is 17.7 Å². The van der Waals surface area contributed by atoms with Crippen LogP contribution < -0.4 is 0 Å². The van der Waals surface area contributed by atoms with Crippen LogP contribution in [0.3, 0.4) is 0 Å². The van der Waals surface area contributed by atoms with Gasteiger partial charge < -0.3 is 14.2 Å². The monoisotopic (exact) mass is 344 g/mol. The van der Waals surface area contributed by atoms with E-state index in [0.29, 0.717) is 12.8 Å². The van der Waals surface area contributed by atoms with Crippen molar-refractivity contribution in [2.24, 2.45) is 11.8 Å². The molecule has 25 heavy (non-hydrogen) atoms. The second-order valence-corrected chi connectivity index (χ2v) is 8.23. The summed E-state index contributed by atoms with van der Waals surface area (Å²) >= 11 is 0. The average molecular weight is 344 g/mol. The molecule has 0 radical (unpaired) electrons. The minimum atomic E-state index is -1.27. The number of esters is 1. The van der Waals surface area contributed by atoms with E-state index in [4.69, 9.17) is 14.2 Å². The van der Waals surface area contributed by atoms with Gasteiger partial charge in [-0.3, -0.25) is 9.59 Å². The van der Waals surface area contributed by atoms with E-state index in [2.05, 4.69) is 0 Å². The number of Topliss-reactive ketones (excluding diaryl/α,β-unsaturated/α-hetero) is 1. The molecule has 0 amide bonds. The Morgan fingerprint density at radius 1 is 1.36 bits per heavy atom. The number of allylic oxidation sites excluding steroid dienone is 1. The lowest BCUT2D eigenvalue weighted by Gasteiger charge is -2.54. The van der Waals surface area contributed by atoms with E-state index in [1.165, 1.54) is 7.11 Å². The first-order valence-electron chi connectivity index (χ1n) is 8.77. The first-order chi connectivity index (χ1) is 11.7. The number of rotatable bonds is 3. The predicted molar refractivity (Wildman–Crippen MR) is 90.5 cm³/mol. The number of ketones is 1. The van der Waals surface area contributed by atoms with Gasteiger partial charge in [-0.15, -0.1) is 0 Å². The van der Waals surface area contributed by atoms with Crippen LogP contribution in [0, 0.1) is 11.8 Å².